The number of aromatic nitrogens is 1. The van der Waals surface area contributed by atoms with Crippen LogP contribution in [0, 0.1) is 0 Å². The third kappa shape index (κ3) is 1.70. The molecule has 3 aromatic rings. The van der Waals surface area contributed by atoms with E-state index < -0.39 is 0 Å². The maximum atomic E-state index is 5.99. The van der Waals surface area contributed by atoms with Gasteiger partial charge in [-0.05, 0) is 30.3 Å². The molecule has 1 aromatic heterocycles. The second-order valence-electron chi connectivity index (χ2n) is 4.22. The Morgan fingerprint density at radius 2 is 1.89 bits per heavy atom. The lowest BCUT2D eigenvalue weighted by Crippen LogP contribution is -1.88. The highest BCUT2D eigenvalue weighted by atomic mass is 16.5. The van der Waals surface area contributed by atoms with E-state index >= 15 is 0 Å². The van der Waals surface area contributed by atoms with Crippen molar-refractivity contribution in [2.45, 2.75) is 0 Å². The van der Waals surface area contributed by atoms with Gasteiger partial charge in [0.25, 0.3) is 0 Å². The first kappa shape index (κ1) is 10.7. The van der Waals surface area contributed by atoms with Crippen LogP contribution in [0.15, 0.2) is 48.5 Å². The van der Waals surface area contributed by atoms with E-state index in [4.69, 9.17) is 10.5 Å². The molecule has 0 saturated heterocycles. The molecule has 1 heterocycles. The smallest absolute Gasteiger partial charge is 0.119 e. The van der Waals surface area contributed by atoms with Gasteiger partial charge in [0.2, 0.25) is 0 Å². The fraction of sp³-hybridized carbons (Fsp3) is 0.0667. The predicted octanol–water partition coefficient (Wildman–Crippen LogP) is 3.43. The maximum absolute atomic E-state index is 5.99. The number of benzene rings is 2. The molecule has 3 nitrogen and oxygen atoms in total. The van der Waals surface area contributed by atoms with Gasteiger partial charge in [-0.3, -0.25) is 0 Å². The Hall–Kier alpha value is -2.42. The van der Waals surface area contributed by atoms with E-state index in [9.17, 15) is 0 Å². The molecular formula is C15H14N2O. The molecule has 2 aromatic carbocycles. The van der Waals surface area contributed by atoms with E-state index in [1.807, 2.05) is 42.5 Å². The van der Waals surface area contributed by atoms with Crippen LogP contribution in [0.1, 0.15) is 0 Å². The maximum Gasteiger partial charge on any atom is 0.119 e. The van der Waals surface area contributed by atoms with Crippen LogP contribution in [0.25, 0.3) is 22.2 Å². The molecule has 0 aliphatic rings. The number of H-pyrrole nitrogens is 1. The Balaban J connectivity index is 2.17. The number of ether oxygens (including phenoxy) is 1. The van der Waals surface area contributed by atoms with Crippen LogP contribution in [-0.4, -0.2) is 12.1 Å². The molecule has 0 fully saturated rings. The Morgan fingerprint density at radius 3 is 2.67 bits per heavy atom. The molecule has 3 heteroatoms. The molecule has 90 valence electrons. The average Bonchev–Trinajstić information content (AvgIpc) is 2.81. The molecule has 0 amide bonds. The fourth-order valence-electron chi connectivity index (χ4n) is 2.13. The first-order valence-corrected chi connectivity index (χ1v) is 5.79. The first-order chi connectivity index (χ1) is 8.78. The van der Waals surface area contributed by atoms with Gasteiger partial charge in [-0.15, -0.1) is 0 Å². The van der Waals surface area contributed by atoms with Crippen molar-refractivity contribution in [1.82, 2.24) is 4.98 Å². The minimum atomic E-state index is 0.774. The lowest BCUT2D eigenvalue weighted by Gasteiger charge is -2.01. The van der Waals surface area contributed by atoms with E-state index in [2.05, 4.69) is 11.1 Å². The Kier molecular flexibility index (Phi) is 2.45. The molecule has 0 spiro atoms. The number of rotatable bonds is 2. The van der Waals surface area contributed by atoms with Gasteiger partial charge in [-0.25, -0.2) is 0 Å². The van der Waals surface area contributed by atoms with Crippen molar-refractivity contribution in [3.63, 3.8) is 0 Å². The van der Waals surface area contributed by atoms with Crippen molar-refractivity contribution in [3.8, 4) is 17.0 Å². The number of fused-ring (bicyclic) bond motifs is 1. The van der Waals surface area contributed by atoms with E-state index in [0.29, 0.717) is 0 Å². The second kappa shape index (κ2) is 4.11. The number of methoxy groups -OCH3 is 1. The van der Waals surface area contributed by atoms with Crippen molar-refractivity contribution >= 4 is 16.6 Å². The van der Waals surface area contributed by atoms with Crippen LogP contribution in [0.4, 0.5) is 5.69 Å². The van der Waals surface area contributed by atoms with Crippen molar-refractivity contribution < 1.29 is 4.74 Å². The zero-order valence-electron chi connectivity index (χ0n) is 10.1. The zero-order valence-corrected chi connectivity index (χ0v) is 10.1. The van der Waals surface area contributed by atoms with Gasteiger partial charge >= 0.3 is 0 Å². The largest absolute Gasteiger partial charge is 0.497 e. The number of nitrogen functional groups attached to an aromatic ring is 1. The molecule has 0 aliphatic heterocycles. The van der Waals surface area contributed by atoms with Crippen LogP contribution in [0.2, 0.25) is 0 Å². The Morgan fingerprint density at radius 1 is 1.06 bits per heavy atom. The van der Waals surface area contributed by atoms with Crippen molar-refractivity contribution in [2.24, 2.45) is 0 Å². The standard InChI is InChI=1S/C15H14N2O/c1-18-11-6-7-14-10(8-11)9-15(17-14)12-4-2-3-5-13(12)16/h2-9,17H,16H2,1H3. The quantitative estimate of drug-likeness (QED) is 0.672. The van der Waals surface area contributed by atoms with E-state index in [0.717, 1.165) is 33.6 Å². The van der Waals surface area contributed by atoms with Crippen molar-refractivity contribution in [2.75, 3.05) is 12.8 Å². The second-order valence-corrected chi connectivity index (χ2v) is 4.22. The lowest BCUT2D eigenvalue weighted by molar-refractivity contribution is 0.415. The molecule has 18 heavy (non-hydrogen) atoms. The highest BCUT2D eigenvalue weighted by Gasteiger charge is 2.06. The predicted molar refractivity (Wildman–Crippen MR) is 74.7 cm³/mol. The molecular weight excluding hydrogens is 224 g/mol. The van der Waals surface area contributed by atoms with Crippen molar-refractivity contribution in [3.05, 3.63) is 48.5 Å². The average molecular weight is 238 g/mol. The summed E-state index contributed by atoms with van der Waals surface area (Å²) in [6.07, 6.45) is 0. The Labute approximate surface area is 105 Å². The lowest BCUT2D eigenvalue weighted by atomic mass is 10.1. The number of hydrogen-bond acceptors (Lipinski definition) is 2. The number of aromatic amines is 1. The number of hydrogen-bond donors (Lipinski definition) is 2. The van der Waals surface area contributed by atoms with Gasteiger partial charge in [0, 0.05) is 27.8 Å². The minimum absolute atomic E-state index is 0.774. The molecule has 0 aliphatic carbocycles. The van der Waals surface area contributed by atoms with Crippen LogP contribution < -0.4 is 10.5 Å². The van der Waals surface area contributed by atoms with Gasteiger partial charge in [0.05, 0.1) is 7.11 Å². The summed E-state index contributed by atoms with van der Waals surface area (Å²) in [5.41, 5.74) is 9.88. The van der Waals surface area contributed by atoms with Crippen LogP contribution >= 0.6 is 0 Å². The van der Waals surface area contributed by atoms with Crippen LogP contribution in [0.3, 0.4) is 0 Å². The normalized spacial score (nSPS) is 10.7. The minimum Gasteiger partial charge on any atom is -0.497 e. The van der Waals surface area contributed by atoms with Crippen molar-refractivity contribution in [1.29, 1.82) is 0 Å². The number of anilines is 1. The topological polar surface area (TPSA) is 51.0 Å². The highest BCUT2D eigenvalue weighted by Crippen LogP contribution is 2.29. The SMILES string of the molecule is COc1ccc2[nH]c(-c3ccccc3N)cc2c1. The van der Waals surface area contributed by atoms with E-state index in [1.54, 1.807) is 7.11 Å². The third-order valence-electron chi connectivity index (χ3n) is 3.08. The van der Waals surface area contributed by atoms with Crippen LogP contribution in [-0.2, 0) is 0 Å². The summed E-state index contributed by atoms with van der Waals surface area (Å²) < 4.78 is 5.22. The number of nitrogens with one attached hydrogen (secondary N) is 1. The number of para-hydroxylation sites is 1. The summed E-state index contributed by atoms with van der Waals surface area (Å²) in [7, 11) is 1.67. The summed E-state index contributed by atoms with van der Waals surface area (Å²) >= 11 is 0. The van der Waals surface area contributed by atoms with E-state index in [-0.39, 0.29) is 0 Å². The molecule has 0 atom stereocenters. The van der Waals surface area contributed by atoms with Gasteiger partial charge in [0.1, 0.15) is 5.75 Å². The molecule has 3 rings (SSSR count). The summed E-state index contributed by atoms with van der Waals surface area (Å²) in [4.78, 5) is 3.37. The molecule has 3 N–H and O–H groups in total. The van der Waals surface area contributed by atoms with Gasteiger partial charge < -0.3 is 15.5 Å². The third-order valence-corrected chi connectivity index (χ3v) is 3.08. The molecule has 0 saturated carbocycles. The fourth-order valence-corrected chi connectivity index (χ4v) is 2.13. The summed E-state index contributed by atoms with van der Waals surface area (Å²) in [6, 6.07) is 15.9. The monoisotopic (exact) mass is 238 g/mol. The molecule has 0 bridgehead atoms. The van der Waals surface area contributed by atoms with Gasteiger partial charge in [0.15, 0.2) is 0 Å². The van der Waals surface area contributed by atoms with E-state index in [1.165, 1.54) is 0 Å². The summed E-state index contributed by atoms with van der Waals surface area (Å²) in [6.45, 7) is 0. The Bertz CT molecular complexity index is 701. The highest BCUT2D eigenvalue weighted by molar-refractivity contribution is 5.89. The van der Waals surface area contributed by atoms with Crippen LogP contribution in [0.5, 0.6) is 5.75 Å². The first-order valence-electron chi connectivity index (χ1n) is 5.79. The molecule has 0 radical (unpaired) electrons. The number of nitrogens with two attached hydrogens (primary N) is 1. The summed E-state index contributed by atoms with van der Waals surface area (Å²) in [5.74, 6) is 0.856. The molecule has 0 unspecified atom stereocenters. The van der Waals surface area contributed by atoms with Gasteiger partial charge in [-0.1, -0.05) is 18.2 Å². The van der Waals surface area contributed by atoms with Gasteiger partial charge in [-0.2, -0.15) is 0 Å². The zero-order chi connectivity index (χ0) is 12.5. The summed E-state index contributed by atoms with van der Waals surface area (Å²) in [5, 5.41) is 1.12.